The molecule has 0 saturated heterocycles. The molecule has 0 aliphatic heterocycles. The summed E-state index contributed by atoms with van der Waals surface area (Å²) in [5.74, 6) is 0. The number of aliphatic hydroxyl groups is 1. The molecule has 1 N–H and O–H groups in total. The Kier molecular flexibility index (Phi) is 5.71. The summed E-state index contributed by atoms with van der Waals surface area (Å²) in [5.41, 5.74) is 3.32. The molecule has 0 amide bonds. The van der Waals surface area contributed by atoms with E-state index in [0.29, 0.717) is 32.6 Å². The van der Waals surface area contributed by atoms with Crippen LogP contribution in [-0.2, 0) is 12.6 Å². The van der Waals surface area contributed by atoms with E-state index in [1.54, 1.807) is 35.4 Å². The predicted octanol–water partition coefficient (Wildman–Crippen LogP) is 6.03. The SMILES string of the molecule is Cc1c(-c2cccc(Cl)c2)c2cc(C(O)(c3ccc(Cl)nc3)c3cncn3C)ccc2n(C2CC2)c1=O. The van der Waals surface area contributed by atoms with Gasteiger partial charge in [-0.1, -0.05) is 47.5 Å². The fraction of sp³-hybridized carbons (Fsp3) is 0.207. The minimum absolute atomic E-state index is 0.00141. The number of pyridine rings is 2. The van der Waals surface area contributed by atoms with Crippen LogP contribution in [0.5, 0.6) is 0 Å². The zero-order valence-electron chi connectivity index (χ0n) is 20.3. The Morgan fingerprint density at radius 3 is 2.46 bits per heavy atom. The molecule has 3 heterocycles. The number of imidazole rings is 1. The Labute approximate surface area is 223 Å². The van der Waals surface area contributed by atoms with Crippen LogP contribution in [0.25, 0.3) is 22.0 Å². The molecule has 1 aliphatic rings. The molecule has 186 valence electrons. The van der Waals surface area contributed by atoms with Crippen molar-refractivity contribution in [3.63, 3.8) is 0 Å². The normalized spacial score (nSPS) is 15.2. The average Bonchev–Trinajstić information content (AvgIpc) is 3.63. The first-order chi connectivity index (χ1) is 17.8. The molecule has 2 aromatic carbocycles. The standard InChI is InChI=1S/C29H24Cl2N4O2/c1-17-27(18-4-3-5-21(30)12-18)23-13-19(6-10-24(23)35(28(17)36)22-8-9-22)29(37,25-15-32-16-34(25)2)20-7-11-26(31)33-14-20/h3-7,10-16,22,37H,8-9H2,1-2H3. The lowest BCUT2D eigenvalue weighted by atomic mass is 9.83. The van der Waals surface area contributed by atoms with E-state index in [1.165, 1.54) is 0 Å². The summed E-state index contributed by atoms with van der Waals surface area (Å²) in [5, 5.41) is 14.2. The molecule has 0 radical (unpaired) electrons. The van der Waals surface area contributed by atoms with Gasteiger partial charge in [0.25, 0.3) is 5.56 Å². The molecule has 6 rings (SSSR count). The lowest BCUT2D eigenvalue weighted by molar-refractivity contribution is 0.117. The number of fused-ring (bicyclic) bond motifs is 1. The van der Waals surface area contributed by atoms with Crippen LogP contribution < -0.4 is 5.56 Å². The Balaban J connectivity index is 1.70. The lowest BCUT2D eigenvalue weighted by Gasteiger charge is -2.30. The number of halogens is 2. The highest BCUT2D eigenvalue weighted by atomic mass is 35.5. The molecule has 1 aliphatic carbocycles. The molecule has 5 aromatic rings. The fourth-order valence-corrected chi connectivity index (χ4v) is 5.54. The van der Waals surface area contributed by atoms with Gasteiger partial charge in [0.2, 0.25) is 0 Å². The van der Waals surface area contributed by atoms with Crippen LogP contribution in [0.3, 0.4) is 0 Å². The molecule has 1 saturated carbocycles. The van der Waals surface area contributed by atoms with Crippen molar-refractivity contribution >= 4 is 34.1 Å². The van der Waals surface area contributed by atoms with Crippen LogP contribution in [-0.4, -0.2) is 24.2 Å². The molecule has 8 heteroatoms. The van der Waals surface area contributed by atoms with Crippen LogP contribution in [0.2, 0.25) is 10.2 Å². The average molecular weight is 531 g/mol. The van der Waals surface area contributed by atoms with E-state index in [0.717, 1.165) is 34.9 Å². The van der Waals surface area contributed by atoms with E-state index < -0.39 is 5.60 Å². The zero-order chi connectivity index (χ0) is 25.9. The summed E-state index contributed by atoms with van der Waals surface area (Å²) in [7, 11) is 1.84. The van der Waals surface area contributed by atoms with Gasteiger partial charge >= 0.3 is 0 Å². The number of aromatic nitrogens is 4. The quantitative estimate of drug-likeness (QED) is 0.281. The smallest absolute Gasteiger partial charge is 0.254 e. The topological polar surface area (TPSA) is 72.9 Å². The Bertz CT molecular complexity index is 1720. The van der Waals surface area contributed by atoms with E-state index >= 15 is 0 Å². The van der Waals surface area contributed by atoms with Crippen LogP contribution in [0.15, 0.2) is 78.1 Å². The van der Waals surface area contributed by atoms with Crippen molar-refractivity contribution in [3.8, 4) is 11.1 Å². The van der Waals surface area contributed by atoms with Crippen molar-refractivity contribution in [2.45, 2.75) is 31.4 Å². The molecule has 3 aromatic heterocycles. The number of rotatable bonds is 5. The van der Waals surface area contributed by atoms with Crippen molar-refractivity contribution < 1.29 is 5.11 Å². The molecular formula is C29H24Cl2N4O2. The largest absolute Gasteiger partial charge is 0.374 e. The van der Waals surface area contributed by atoms with Gasteiger partial charge in [0.1, 0.15) is 5.15 Å². The molecular weight excluding hydrogens is 507 g/mol. The first-order valence-electron chi connectivity index (χ1n) is 12.1. The maximum atomic E-state index is 13.6. The maximum absolute atomic E-state index is 13.6. The van der Waals surface area contributed by atoms with E-state index in [-0.39, 0.29) is 11.6 Å². The maximum Gasteiger partial charge on any atom is 0.254 e. The Morgan fingerprint density at radius 1 is 1.03 bits per heavy atom. The van der Waals surface area contributed by atoms with E-state index in [4.69, 9.17) is 23.2 Å². The van der Waals surface area contributed by atoms with Gasteiger partial charge in [0.15, 0.2) is 5.60 Å². The molecule has 1 fully saturated rings. The second-order valence-electron chi connectivity index (χ2n) is 9.62. The van der Waals surface area contributed by atoms with Crippen LogP contribution in [0.1, 0.15) is 41.3 Å². The van der Waals surface area contributed by atoms with Gasteiger partial charge in [-0.2, -0.15) is 0 Å². The van der Waals surface area contributed by atoms with Gasteiger partial charge in [0, 0.05) is 40.8 Å². The summed E-state index contributed by atoms with van der Waals surface area (Å²) in [6, 6.07) is 16.9. The van der Waals surface area contributed by atoms with Gasteiger partial charge < -0.3 is 14.2 Å². The van der Waals surface area contributed by atoms with Crippen molar-refractivity contribution in [2.24, 2.45) is 7.05 Å². The van der Waals surface area contributed by atoms with Gasteiger partial charge in [-0.25, -0.2) is 9.97 Å². The molecule has 0 bridgehead atoms. The summed E-state index contributed by atoms with van der Waals surface area (Å²) >= 11 is 12.4. The lowest BCUT2D eigenvalue weighted by Crippen LogP contribution is -2.31. The number of aryl methyl sites for hydroxylation is 1. The van der Waals surface area contributed by atoms with E-state index in [1.807, 2.05) is 61.0 Å². The highest BCUT2D eigenvalue weighted by molar-refractivity contribution is 6.31. The van der Waals surface area contributed by atoms with Gasteiger partial charge in [-0.3, -0.25) is 4.79 Å². The third-order valence-electron chi connectivity index (χ3n) is 7.22. The Morgan fingerprint density at radius 2 is 1.81 bits per heavy atom. The summed E-state index contributed by atoms with van der Waals surface area (Å²) in [6.45, 7) is 1.86. The third-order valence-corrected chi connectivity index (χ3v) is 7.67. The van der Waals surface area contributed by atoms with Gasteiger partial charge in [-0.05, 0) is 66.8 Å². The Hall–Kier alpha value is -3.45. The monoisotopic (exact) mass is 530 g/mol. The minimum Gasteiger partial charge on any atom is -0.374 e. The number of hydrogen-bond acceptors (Lipinski definition) is 4. The summed E-state index contributed by atoms with van der Waals surface area (Å²) < 4.78 is 3.68. The summed E-state index contributed by atoms with van der Waals surface area (Å²) in [4.78, 5) is 22.1. The van der Waals surface area contributed by atoms with Crippen molar-refractivity contribution in [1.29, 1.82) is 0 Å². The minimum atomic E-state index is -1.57. The van der Waals surface area contributed by atoms with E-state index in [9.17, 15) is 9.90 Å². The first kappa shape index (κ1) is 23.9. The molecule has 1 unspecified atom stereocenters. The molecule has 37 heavy (non-hydrogen) atoms. The second-order valence-corrected chi connectivity index (χ2v) is 10.4. The van der Waals surface area contributed by atoms with Crippen molar-refractivity contribution in [2.75, 3.05) is 0 Å². The molecule has 0 spiro atoms. The van der Waals surface area contributed by atoms with Crippen LogP contribution in [0, 0.1) is 6.92 Å². The van der Waals surface area contributed by atoms with Gasteiger partial charge in [-0.15, -0.1) is 0 Å². The molecule has 6 nitrogen and oxygen atoms in total. The van der Waals surface area contributed by atoms with E-state index in [2.05, 4.69) is 9.97 Å². The van der Waals surface area contributed by atoms with Crippen molar-refractivity contribution in [1.82, 2.24) is 19.1 Å². The van der Waals surface area contributed by atoms with Crippen LogP contribution in [0.4, 0.5) is 0 Å². The third kappa shape index (κ3) is 3.87. The second kappa shape index (κ2) is 8.84. The first-order valence-corrected chi connectivity index (χ1v) is 12.8. The predicted molar refractivity (Wildman–Crippen MR) is 146 cm³/mol. The van der Waals surface area contributed by atoms with Gasteiger partial charge in [0.05, 0.1) is 23.7 Å². The number of nitrogens with zero attached hydrogens (tertiary/aromatic N) is 4. The zero-order valence-corrected chi connectivity index (χ0v) is 21.8. The number of benzene rings is 2. The summed E-state index contributed by atoms with van der Waals surface area (Å²) in [6.07, 6.45) is 6.82. The van der Waals surface area contributed by atoms with Crippen LogP contribution >= 0.6 is 23.2 Å². The van der Waals surface area contributed by atoms with Crippen molar-refractivity contribution in [3.05, 3.63) is 116 Å². The number of hydrogen-bond donors (Lipinski definition) is 1. The molecule has 1 atom stereocenters. The fourth-order valence-electron chi connectivity index (χ4n) is 5.24. The highest BCUT2D eigenvalue weighted by Crippen LogP contribution is 2.42. The highest BCUT2D eigenvalue weighted by Gasteiger charge is 2.38.